The summed E-state index contributed by atoms with van der Waals surface area (Å²) in [6.45, 7) is 2.99. The molecule has 1 aromatic rings. The summed E-state index contributed by atoms with van der Waals surface area (Å²) < 4.78 is 43.0. The Morgan fingerprint density at radius 3 is 2.72 bits per heavy atom. The molecule has 0 amide bonds. The minimum atomic E-state index is -3.70. The van der Waals surface area contributed by atoms with Crippen LogP contribution in [0.3, 0.4) is 0 Å². The number of amidine groups is 1. The summed E-state index contributed by atoms with van der Waals surface area (Å²) in [5, 5.41) is 7.87. The molecule has 0 spiro atoms. The van der Waals surface area contributed by atoms with E-state index in [1.165, 1.54) is 25.1 Å². The van der Waals surface area contributed by atoms with Gasteiger partial charge in [0.2, 0.25) is 6.36 Å². The average Bonchev–Trinajstić information content (AvgIpc) is 2.47. The molecular weight excluding hydrogens is 259 g/mol. The maximum absolute atomic E-state index is 12.9. The standard InChI is InChI=1S/C11H13FN2O3S/c1-3-14-11(13)10-8(17-7(2)12)5-4-6-9(10)18(14,15)16/h4-7,13H,3H2,1-2H3. The number of benzene rings is 1. The number of fused-ring (bicyclic) bond motifs is 1. The van der Waals surface area contributed by atoms with Crippen molar-refractivity contribution in [2.45, 2.75) is 25.1 Å². The summed E-state index contributed by atoms with van der Waals surface area (Å²) in [7, 11) is -3.70. The zero-order valence-electron chi connectivity index (χ0n) is 9.97. The molecule has 1 unspecified atom stereocenters. The first-order valence-corrected chi connectivity index (χ1v) is 6.89. The fourth-order valence-corrected chi connectivity index (χ4v) is 3.54. The minimum Gasteiger partial charge on any atom is -0.460 e. The summed E-state index contributed by atoms with van der Waals surface area (Å²) >= 11 is 0. The summed E-state index contributed by atoms with van der Waals surface area (Å²) in [6, 6.07) is 4.32. The molecule has 0 radical (unpaired) electrons. The van der Waals surface area contributed by atoms with Crippen molar-refractivity contribution in [2.24, 2.45) is 0 Å². The lowest BCUT2D eigenvalue weighted by atomic mass is 10.2. The monoisotopic (exact) mass is 272 g/mol. The molecule has 1 heterocycles. The molecule has 18 heavy (non-hydrogen) atoms. The van der Waals surface area contributed by atoms with E-state index in [4.69, 9.17) is 10.1 Å². The van der Waals surface area contributed by atoms with Gasteiger partial charge < -0.3 is 4.74 Å². The highest BCUT2D eigenvalue weighted by Crippen LogP contribution is 2.36. The van der Waals surface area contributed by atoms with Gasteiger partial charge >= 0.3 is 0 Å². The van der Waals surface area contributed by atoms with E-state index in [-0.39, 0.29) is 28.6 Å². The second kappa shape index (κ2) is 4.24. The van der Waals surface area contributed by atoms with E-state index in [0.29, 0.717) is 0 Å². The van der Waals surface area contributed by atoms with Crippen LogP contribution in [0.5, 0.6) is 5.75 Å². The Morgan fingerprint density at radius 2 is 2.17 bits per heavy atom. The van der Waals surface area contributed by atoms with Crippen molar-refractivity contribution in [1.29, 1.82) is 5.41 Å². The first-order chi connectivity index (χ1) is 8.39. The van der Waals surface area contributed by atoms with Gasteiger partial charge in [0.1, 0.15) is 16.5 Å². The van der Waals surface area contributed by atoms with Crippen molar-refractivity contribution in [3.05, 3.63) is 23.8 Å². The molecule has 0 saturated carbocycles. The van der Waals surface area contributed by atoms with Gasteiger partial charge in [0.15, 0.2) is 0 Å². The zero-order chi connectivity index (χ0) is 13.5. The smallest absolute Gasteiger partial charge is 0.266 e. The Labute approximate surface area is 105 Å². The second-order valence-electron chi connectivity index (χ2n) is 3.81. The Balaban J connectivity index is 2.64. The van der Waals surface area contributed by atoms with Gasteiger partial charge in [-0.2, -0.15) is 0 Å². The van der Waals surface area contributed by atoms with Crippen molar-refractivity contribution < 1.29 is 17.5 Å². The SMILES string of the molecule is CCN1C(=N)c2c(OC(C)F)cccc2S1(=O)=O. The normalized spacial score (nSPS) is 18.6. The molecule has 0 aliphatic carbocycles. The maximum atomic E-state index is 12.9. The van der Waals surface area contributed by atoms with Gasteiger partial charge in [0.05, 0.1) is 5.56 Å². The van der Waals surface area contributed by atoms with E-state index >= 15 is 0 Å². The van der Waals surface area contributed by atoms with E-state index in [9.17, 15) is 12.8 Å². The predicted octanol–water partition coefficient (Wildman–Crippen LogP) is 1.73. The van der Waals surface area contributed by atoms with E-state index in [0.717, 1.165) is 4.31 Å². The number of hydrogen-bond donors (Lipinski definition) is 1. The fraction of sp³-hybridized carbons (Fsp3) is 0.364. The quantitative estimate of drug-likeness (QED) is 0.911. The minimum absolute atomic E-state index is 0.00694. The molecule has 1 aliphatic heterocycles. The molecule has 0 aromatic heterocycles. The number of rotatable bonds is 3. The van der Waals surface area contributed by atoms with Gasteiger partial charge in [-0.15, -0.1) is 0 Å². The third-order valence-electron chi connectivity index (χ3n) is 2.62. The van der Waals surface area contributed by atoms with Crippen molar-refractivity contribution in [2.75, 3.05) is 6.54 Å². The van der Waals surface area contributed by atoms with E-state index in [1.807, 2.05) is 0 Å². The lowest BCUT2D eigenvalue weighted by Crippen LogP contribution is -2.29. The number of nitrogens with one attached hydrogen (secondary N) is 1. The van der Waals surface area contributed by atoms with Gasteiger partial charge in [-0.25, -0.2) is 17.1 Å². The third kappa shape index (κ3) is 1.74. The lowest BCUT2D eigenvalue weighted by molar-refractivity contribution is 0.0855. The van der Waals surface area contributed by atoms with Crippen LogP contribution < -0.4 is 4.74 Å². The Bertz CT molecular complexity index is 598. The molecule has 2 rings (SSSR count). The van der Waals surface area contributed by atoms with Gasteiger partial charge in [0.25, 0.3) is 10.0 Å². The number of halogens is 1. The topological polar surface area (TPSA) is 70.5 Å². The van der Waals surface area contributed by atoms with E-state index < -0.39 is 16.4 Å². The van der Waals surface area contributed by atoms with Crippen molar-refractivity contribution in [3.8, 4) is 5.75 Å². The first kappa shape index (κ1) is 12.8. The molecule has 1 aromatic carbocycles. The molecule has 7 heteroatoms. The highest BCUT2D eigenvalue weighted by molar-refractivity contribution is 7.90. The molecule has 98 valence electrons. The number of ether oxygens (including phenoxy) is 1. The van der Waals surface area contributed by atoms with Gasteiger partial charge in [-0.3, -0.25) is 5.41 Å². The highest BCUT2D eigenvalue weighted by atomic mass is 32.2. The summed E-state index contributed by atoms with van der Waals surface area (Å²) in [5.41, 5.74) is 0.129. The van der Waals surface area contributed by atoms with Crippen LogP contribution >= 0.6 is 0 Å². The van der Waals surface area contributed by atoms with Crippen molar-refractivity contribution >= 4 is 15.9 Å². The van der Waals surface area contributed by atoms with Crippen LogP contribution in [0.15, 0.2) is 23.1 Å². The molecule has 5 nitrogen and oxygen atoms in total. The molecule has 0 saturated heterocycles. The van der Waals surface area contributed by atoms with E-state index in [2.05, 4.69) is 0 Å². The molecule has 0 bridgehead atoms. The Hall–Kier alpha value is -1.63. The Kier molecular flexibility index (Phi) is 3.02. The van der Waals surface area contributed by atoms with Crippen LogP contribution in [-0.4, -0.2) is 31.5 Å². The molecule has 1 N–H and O–H groups in total. The average molecular weight is 272 g/mol. The van der Waals surface area contributed by atoms with Crippen LogP contribution in [0.25, 0.3) is 0 Å². The molecule has 1 aliphatic rings. The summed E-state index contributed by atoms with van der Waals surface area (Å²) in [6.07, 6.45) is -1.57. The largest absolute Gasteiger partial charge is 0.460 e. The van der Waals surface area contributed by atoms with Crippen LogP contribution in [-0.2, 0) is 10.0 Å². The second-order valence-corrected chi connectivity index (χ2v) is 5.64. The van der Waals surface area contributed by atoms with Crippen LogP contribution in [0.1, 0.15) is 19.4 Å². The molecular formula is C11H13FN2O3S. The zero-order valence-corrected chi connectivity index (χ0v) is 10.8. The number of alkyl halides is 1. The van der Waals surface area contributed by atoms with Crippen LogP contribution in [0.4, 0.5) is 4.39 Å². The summed E-state index contributed by atoms with van der Waals surface area (Å²) in [4.78, 5) is -0.00694. The maximum Gasteiger partial charge on any atom is 0.266 e. The fourth-order valence-electron chi connectivity index (χ4n) is 1.92. The van der Waals surface area contributed by atoms with Crippen molar-refractivity contribution in [3.63, 3.8) is 0 Å². The molecule has 0 fully saturated rings. The van der Waals surface area contributed by atoms with Crippen molar-refractivity contribution in [1.82, 2.24) is 4.31 Å². The van der Waals surface area contributed by atoms with Gasteiger partial charge in [0, 0.05) is 13.5 Å². The number of nitrogens with zero attached hydrogens (tertiary/aromatic N) is 1. The number of sulfonamides is 1. The van der Waals surface area contributed by atoms with Gasteiger partial charge in [-0.05, 0) is 19.1 Å². The van der Waals surface area contributed by atoms with Crippen LogP contribution in [0, 0.1) is 5.41 Å². The third-order valence-corrected chi connectivity index (χ3v) is 4.54. The Morgan fingerprint density at radius 1 is 1.50 bits per heavy atom. The summed E-state index contributed by atoms with van der Waals surface area (Å²) in [5.74, 6) is -0.101. The predicted molar refractivity (Wildman–Crippen MR) is 64.0 cm³/mol. The lowest BCUT2D eigenvalue weighted by Gasteiger charge is -2.14. The molecule has 1 atom stereocenters. The van der Waals surface area contributed by atoms with Crippen LogP contribution in [0.2, 0.25) is 0 Å². The first-order valence-electron chi connectivity index (χ1n) is 5.45. The van der Waals surface area contributed by atoms with Gasteiger partial charge in [-0.1, -0.05) is 6.07 Å². The highest BCUT2D eigenvalue weighted by Gasteiger charge is 2.39. The number of hydrogen-bond acceptors (Lipinski definition) is 4. The van der Waals surface area contributed by atoms with E-state index in [1.54, 1.807) is 6.92 Å².